The minimum absolute atomic E-state index is 0.169. The first-order valence-corrected chi connectivity index (χ1v) is 9.16. The van der Waals surface area contributed by atoms with Crippen molar-refractivity contribution in [2.75, 3.05) is 32.1 Å². The standard InChI is InChI=1S/C20H24N4O4/c1-23(2)16-6-3-5-15(13-16)19(26)22-21-18(25)14-8-10-24(11-9-14)20(27)17-7-4-12-28-17/h3-7,12-14H,8-11H2,1-2H3,(H,21,25)(H,22,26). The quantitative estimate of drug-likeness (QED) is 0.782. The predicted molar refractivity (Wildman–Crippen MR) is 104 cm³/mol. The summed E-state index contributed by atoms with van der Waals surface area (Å²) in [5.41, 5.74) is 6.32. The third kappa shape index (κ3) is 4.51. The molecule has 0 unspecified atom stereocenters. The van der Waals surface area contributed by atoms with Crippen LogP contribution in [0.3, 0.4) is 0 Å². The molecular formula is C20H24N4O4. The Bertz CT molecular complexity index is 840. The van der Waals surface area contributed by atoms with Crippen molar-refractivity contribution in [1.82, 2.24) is 15.8 Å². The molecule has 1 saturated heterocycles. The first kappa shape index (κ1) is 19.5. The van der Waals surface area contributed by atoms with Gasteiger partial charge in [-0.3, -0.25) is 25.2 Å². The Morgan fingerprint density at radius 2 is 1.82 bits per heavy atom. The van der Waals surface area contributed by atoms with Crippen LogP contribution in [0, 0.1) is 5.92 Å². The van der Waals surface area contributed by atoms with Gasteiger partial charge in [-0.15, -0.1) is 0 Å². The molecule has 8 nitrogen and oxygen atoms in total. The summed E-state index contributed by atoms with van der Waals surface area (Å²) in [6.45, 7) is 0.937. The molecular weight excluding hydrogens is 360 g/mol. The third-order valence-corrected chi connectivity index (χ3v) is 4.81. The fourth-order valence-electron chi connectivity index (χ4n) is 3.12. The van der Waals surface area contributed by atoms with Crippen LogP contribution < -0.4 is 15.8 Å². The van der Waals surface area contributed by atoms with Crippen LogP contribution in [0.15, 0.2) is 47.1 Å². The molecule has 0 bridgehead atoms. The first-order chi connectivity index (χ1) is 13.5. The number of likely N-dealkylation sites (tertiary alicyclic amines) is 1. The van der Waals surface area contributed by atoms with Gasteiger partial charge in [0.25, 0.3) is 11.8 Å². The molecule has 0 spiro atoms. The van der Waals surface area contributed by atoms with Gasteiger partial charge in [-0.1, -0.05) is 6.07 Å². The van der Waals surface area contributed by atoms with Crippen LogP contribution >= 0.6 is 0 Å². The zero-order valence-electron chi connectivity index (χ0n) is 16.0. The Morgan fingerprint density at radius 3 is 2.46 bits per heavy atom. The molecule has 3 amide bonds. The fourth-order valence-corrected chi connectivity index (χ4v) is 3.12. The van der Waals surface area contributed by atoms with Crippen LogP contribution in [0.25, 0.3) is 0 Å². The van der Waals surface area contributed by atoms with Gasteiger partial charge in [0.1, 0.15) is 0 Å². The normalized spacial score (nSPS) is 14.4. The van der Waals surface area contributed by atoms with E-state index >= 15 is 0 Å². The number of hydrogen-bond donors (Lipinski definition) is 2. The molecule has 0 atom stereocenters. The highest BCUT2D eigenvalue weighted by Crippen LogP contribution is 2.19. The van der Waals surface area contributed by atoms with Crippen molar-refractivity contribution in [1.29, 1.82) is 0 Å². The molecule has 1 aromatic heterocycles. The molecule has 8 heteroatoms. The Kier molecular flexibility index (Phi) is 5.98. The van der Waals surface area contributed by atoms with Crippen LogP contribution in [0.2, 0.25) is 0 Å². The van der Waals surface area contributed by atoms with Crippen molar-refractivity contribution in [3.05, 3.63) is 54.0 Å². The minimum Gasteiger partial charge on any atom is -0.459 e. The Balaban J connectivity index is 1.47. The van der Waals surface area contributed by atoms with Gasteiger partial charge < -0.3 is 14.2 Å². The van der Waals surface area contributed by atoms with Gasteiger partial charge in [0.05, 0.1) is 6.26 Å². The van der Waals surface area contributed by atoms with Gasteiger partial charge in [-0.2, -0.15) is 0 Å². The second-order valence-corrected chi connectivity index (χ2v) is 6.93. The average Bonchev–Trinajstić information content (AvgIpc) is 3.26. The number of hydrazine groups is 1. The van der Waals surface area contributed by atoms with Crippen molar-refractivity contribution < 1.29 is 18.8 Å². The number of carbonyl (C=O) groups is 3. The van der Waals surface area contributed by atoms with Gasteiger partial charge in [-0.05, 0) is 43.2 Å². The number of amides is 3. The van der Waals surface area contributed by atoms with Crippen molar-refractivity contribution in [2.45, 2.75) is 12.8 Å². The second kappa shape index (κ2) is 8.60. The minimum atomic E-state index is -0.373. The van der Waals surface area contributed by atoms with Gasteiger partial charge in [0.15, 0.2) is 5.76 Å². The first-order valence-electron chi connectivity index (χ1n) is 9.16. The number of nitrogens with one attached hydrogen (secondary N) is 2. The number of anilines is 1. The van der Waals surface area contributed by atoms with E-state index in [4.69, 9.17) is 4.42 Å². The van der Waals surface area contributed by atoms with E-state index in [1.54, 1.807) is 35.2 Å². The predicted octanol–water partition coefficient (Wildman–Crippen LogP) is 1.66. The summed E-state index contributed by atoms with van der Waals surface area (Å²) in [4.78, 5) is 40.5. The highest BCUT2D eigenvalue weighted by molar-refractivity contribution is 5.96. The summed E-state index contributed by atoms with van der Waals surface area (Å²) in [6.07, 6.45) is 2.53. The van der Waals surface area contributed by atoms with E-state index in [-0.39, 0.29) is 23.6 Å². The van der Waals surface area contributed by atoms with E-state index in [2.05, 4.69) is 10.9 Å². The van der Waals surface area contributed by atoms with Crippen LogP contribution in [0.4, 0.5) is 5.69 Å². The van der Waals surface area contributed by atoms with Crippen LogP contribution in [0.1, 0.15) is 33.8 Å². The molecule has 0 saturated carbocycles. The maximum atomic E-state index is 12.4. The summed E-state index contributed by atoms with van der Waals surface area (Å²) in [6, 6.07) is 10.4. The van der Waals surface area contributed by atoms with Crippen molar-refractivity contribution >= 4 is 23.4 Å². The smallest absolute Gasteiger partial charge is 0.289 e. The van der Waals surface area contributed by atoms with Crippen molar-refractivity contribution in [3.63, 3.8) is 0 Å². The second-order valence-electron chi connectivity index (χ2n) is 6.93. The number of furan rings is 1. The Morgan fingerprint density at radius 1 is 1.07 bits per heavy atom. The SMILES string of the molecule is CN(C)c1cccc(C(=O)NNC(=O)C2CCN(C(=O)c3ccco3)CC2)c1. The lowest BCUT2D eigenvalue weighted by molar-refractivity contribution is -0.127. The summed E-state index contributed by atoms with van der Waals surface area (Å²) >= 11 is 0. The van der Waals surface area contributed by atoms with E-state index in [0.717, 1.165) is 5.69 Å². The zero-order valence-corrected chi connectivity index (χ0v) is 16.0. The molecule has 0 radical (unpaired) electrons. The number of hydrogen-bond acceptors (Lipinski definition) is 5. The van der Waals surface area contributed by atoms with Gasteiger partial charge in [0, 0.05) is 44.4 Å². The molecule has 1 aliphatic heterocycles. The molecule has 2 heterocycles. The number of piperidine rings is 1. The zero-order chi connectivity index (χ0) is 20.1. The summed E-state index contributed by atoms with van der Waals surface area (Å²) < 4.78 is 5.13. The van der Waals surface area contributed by atoms with Crippen molar-refractivity contribution in [3.8, 4) is 0 Å². The topological polar surface area (TPSA) is 94.9 Å². The van der Waals surface area contributed by atoms with E-state index < -0.39 is 0 Å². The van der Waals surface area contributed by atoms with E-state index in [1.807, 2.05) is 25.1 Å². The molecule has 1 aliphatic rings. The maximum Gasteiger partial charge on any atom is 0.289 e. The van der Waals surface area contributed by atoms with E-state index in [1.165, 1.54) is 6.26 Å². The van der Waals surface area contributed by atoms with Gasteiger partial charge in [-0.25, -0.2) is 0 Å². The molecule has 3 rings (SSSR count). The molecule has 28 heavy (non-hydrogen) atoms. The lowest BCUT2D eigenvalue weighted by atomic mass is 9.96. The van der Waals surface area contributed by atoms with E-state index in [9.17, 15) is 14.4 Å². The number of nitrogens with zero attached hydrogens (tertiary/aromatic N) is 2. The Labute approximate surface area is 163 Å². The van der Waals surface area contributed by atoms with Crippen molar-refractivity contribution in [2.24, 2.45) is 5.92 Å². The largest absolute Gasteiger partial charge is 0.459 e. The average molecular weight is 384 g/mol. The Hall–Kier alpha value is -3.29. The number of benzene rings is 1. The van der Waals surface area contributed by atoms with Crippen LogP contribution in [0.5, 0.6) is 0 Å². The molecule has 1 fully saturated rings. The summed E-state index contributed by atoms with van der Waals surface area (Å²) in [5, 5.41) is 0. The molecule has 2 N–H and O–H groups in total. The third-order valence-electron chi connectivity index (χ3n) is 4.81. The summed E-state index contributed by atoms with van der Waals surface area (Å²) in [7, 11) is 3.78. The highest BCUT2D eigenvalue weighted by atomic mass is 16.3. The summed E-state index contributed by atoms with van der Waals surface area (Å²) in [5.74, 6) is -0.744. The lowest BCUT2D eigenvalue weighted by Gasteiger charge is -2.30. The molecule has 2 aromatic rings. The van der Waals surface area contributed by atoms with Gasteiger partial charge >= 0.3 is 0 Å². The van der Waals surface area contributed by atoms with Crippen LogP contribution in [-0.2, 0) is 4.79 Å². The molecule has 148 valence electrons. The maximum absolute atomic E-state index is 12.4. The molecule has 1 aromatic carbocycles. The highest BCUT2D eigenvalue weighted by Gasteiger charge is 2.29. The number of rotatable bonds is 4. The lowest BCUT2D eigenvalue weighted by Crippen LogP contribution is -2.48. The van der Waals surface area contributed by atoms with Crippen LogP contribution in [-0.4, -0.2) is 49.8 Å². The number of carbonyl (C=O) groups excluding carboxylic acids is 3. The fraction of sp³-hybridized carbons (Fsp3) is 0.350. The monoisotopic (exact) mass is 384 g/mol. The van der Waals surface area contributed by atoms with Gasteiger partial charge in [0.2, 0.25) is 5.91 Å². The van der Waals surface area contributed by atoms with E-state index in [0.29, 0.717) is 37.3 Å². The molecule has 0 aliphatic carbocycles.